The van der Waals surface area contributed by atoms with E-state index >= 15 is 0 Å². The molecule has 1 aromatic rings. The molecule has 0 aliphatic heterocycles. The van der Waals surface area contributed by atoms with Crippen molar-refractivity contribution < 1.29 is 5.11 Å². The lowest BCUT2D eigenvalue weighted by atomic mass is 9.32. The largest absolute Gasteiger partial charge is 0.393 e. The molecule has 4 unspecified atom stereocenters. The number of nitrogens with zero attached hydrogens (tertiary/aromatic N) is 1. The molecule has 1 aromatic heterocycles. The molecule has 5 aliphatic carbocycles. The maximum absolute atomic E-state index is 11.0. The molecule has 1 heterocycles. The fourth-order valence-corrected chi connectivity index (χ4v) is 12.7. The van der Waals surface area contributed by atoms with Crippen LogP contribution in [0, 0.1) is 79.8 Å². The number of aliphatic hydroxyl groups is 1. The molecule has 1 N–H and O–H groups in total. The van der Waals surface area contributed by atoms with Crippen molar-refractivity contribution in [2.24, 2.45) is 56.7 Å². The molecule has 0 bridgehead atoms. The minimum absolute atomic E-state index is 0.00380. The highest BCUT2D eigenvalue weighted by molar-refractivity contribution is 7.10. The third kappa shape index (κ3) is 3.61. The van der Waals surface area contributed by atoms with Crippen LogP contribution in [0.3, 0.4) is 0 Å². The first-order valence-electron chi connectivity index (χ1n) is 15.7. The monoisotopic (exact) mass is 543 g/mol. The summed E-state index contributed by atoms with van der Waals surface area (Å²) in [5, 5.41) is 22.6. The first-order valence-corrected chi connectivity index (χ1v) is 16.6. The molecule has 3 heteroatoms. The maximum Gasteiger partial charge on any atom is 0.120 e. The third-order valence-corrected chi connectivity index (χ3v) is 15.1. The van der Waals surface area contributed by atoms with Gasteiger partial charge >= 0.3 is 0 Å². The van der Waals surface area contributed by atoms with E-state index in [2.05, 4.69) is 66.0 Å². The fourth-order valence-electron chi connectivity index (χ4n) is 12.0. The van der Waals surface area contributed by atoms with Gasteiger partial charge in [0.1, 0.15) is 10.9 Å². The summed E-state index contributed by atoms with van der Waals surface area (Å²) in [5.41, 5.74) is 3.27. The van der Waals surface area contributed by atoms with Gasteiger partial charge in [0.15, 0.2) is 0 Å². The number of hydrogen-bond acceptors (Lipinski definition) is 3. The van der Waals surface area contributed by atoms with Gasteiger partial charge in [-0.1, -0.05) is 58.6 Å². The van der Waals surface area contributed by atoms with Crippen molar-refractivity contribution in [2.75, 3.05) is 0 Å². The fraction of sp³-hybridized carbons (Fsp3) is 0.750. The molecule has 10 atom stereocenters. The van der Waals surface area contributed by atoms with Crippen LogP contribution in [0.2, 0.25) is 0 Å². The second-order valence-corrected chi connectivity index (χ2v) is 16.7. The number of allylic oxidation sites excluding steroid dienone is 1. The van der Waals surface area contributed by atoms with E-state index in [1.54, 1.807) is 0 Å². The predicted octanol–water partition coefficient (Wildman–Crippen LogP) is 8.99. The van der Waals surface area contributed by atoms with Crippen LogP contribution in [0.25, 0.3) is 0 Å². The van der Waals surface area contributed by atoms with E-state index in [-0.39, 0.29) is 16.9 Å². The smallest absolute Gasteiger partial charge is 0.120 e. The minimum Gasteiger partial charge on any atom is -0.393 e. The van der Waals surface area contributed by atoms with Crippen LogP contribution in [0.15, 0.2) is 23.6 Å². The Balaban J connectivity index is 1.40. The van der Waals surface area contributed by atoms with E-state index in [9.17, 15) is 10.4 Å². The van der Waals surface area contributed by atoms with Crippen LogP contribution in [-0.4, -0.2) is 11.2 Å². The maximum atomic E-state index is 11.0. The molecule has 0 radical (unpaired) electrons. The van der Waals surface area contributed by atoms with Crippen molar-refractivity contribution in [3.05, 3.63) is 34.0 Å². The van der Waals surface area contributed by atoms with Crippen molar-refractivity contribution in [2.45, 2.75) is 112 Å². The SMILES string of the molecule is C=C(C)[C@@H]1CC[C@]2(C#Cc3ccsc3C#N)CC[C@]3(C)C(CCC4[C@@]5(C)CC[C@H](O)C(C)(C)C5CC[C@]43C)C12. The topological polar surface area (TPSA) is 44.0 Å². The summed E-state index contributed by atoms with van der Waals surface area (Å²) in [5.74, 6) is 10.6. The van der Waals surface area contributed by atoms with Gasteiger partial charge in [0.2, 0.25) is 0 Å². The van der Waals surface area contributed by atoms with Gasteiger partial charge in [0.25, 0.3) is 0 Å². The highest BCUT2D eigenvalue weighted by Gasteiger charge is 2.70. The van der Waals surface area contributed by atoms with Crippen molar-refractivity contribution in [1.29, 1.82) is 5.26 Å². The van der Waals surface area contributed by atoms with E-state index < -0.39 is 0 Å². The Hall–Kier alpha value is -1.55. The van der Waals surface area contributed by atoms with E-state index in [1.165, 1.54) is 74.7 Å². The quantitative estimate of drug-likeness (QED) is 0.284. The second-order valence-electron chi connectivity index (χ2n) is 15.7. The lowest BCUT2D eigenvalue weighted by Crippen LogP contribution is -2.66. The number of aliphatic hydroxyl groups excluding tert-OH is 1. The van der Waals surface area contributed by atoms with Gasteiger partial charge in [-0.25, -0.2) is 0 Å². The van der Waals surface area contributed by atoms with Gasteiger partial charge in [-0.05, 0) is 134 Å². The van der Waals surface area contributed by atoms with Crippen LogP contribution in [0.5, 0.6) is 0 Å². The molecule has 2 nitrogen and oxygen atoms in total. The van der Waals surface area contributed by atoms with Gasteiger partial charge in [-0.15, -0.1) is 11.3 Å². The zero-order chi connectivity index (χ0) is 28.0. The van der Waals surface area contributed by atoms with Crippen LogP contribution >= 0.6 is 11.3 Å². The lowest BCUT2D eigenvalue weighted by Gasteiger charge is -2.72. The van der Waals surface area contributed by atoms with Gasteiger partial charge in [-0.3, -0.25) is 0 Å². The highest BCUT2D eigenvalue weighted by atomic mass is 32.1. The third-order valence-electron chi connectivity index (χ3n) is 14.3. The van der Waals surface area contributed by atoms with Gasteiger partial charge in [0.05, 0.1) is 11.7 Å². The highest BCUT2D eigenvalue weighted by Crippen LogP contribution is 2.77. The van der Waals surface area contributed by atoms with Crippen LogP contribution in [-0.2, 0) is 0 Å². The zero-order valence-corrected chi connectivity index (χ0v) is 26.0. The average Bonchev–Trinajstić information content (AvgIpc) is 3.50. The molecule has 5 fully saturated rings. The Labute approximate surface area is 241 Å². The molecule has 0 spiro atoms. The van der Waals surface area contributed by atoms with E-state index in [0.29, 0.717) is 39.9 Å². The average molecular weight is 544 g/mol. The summed E-state index contributed by atoms with van der Waals surface area (Å²) in [6.45, 7) is 19.5. The van der Waals surface area contributed by atoms with Gasteiger partial charge < -0.3 is 5.11 Å². The van der Waals surface area contributed by atoms with Gasteiger partial charge in [0, 0.05) is 5.41 Å². The summed E-state index contributed by atoms with van der Waals surface area (Å²) in [6, 6.07) is 4.39. The molecular formula is C36H49NOS. The number of fused-ring (bicyclic) bond motifs is 7. The molecule has 6 rings (SSSR count). The van der Waals surface area contributed by atoms with Crippen molar-refractivity contribution in [3.8, 4) is 17.9 Å². The number of nitriles is 1. The zero-order valence-electron chi connectivity index (χ0n) is 25.2. The van der Waals surface area contributed by atoms with E-state index in [0.717, 1.165) is 22.8 Å². The summed E-state index contributed by atoms with van der Waals surface area (Å²) < 4.78 is 0. The summed E-state index contributed by atoms with van der Waals surface area (Å²) in [6.07, 6.45) is 12.0. The van der Waals surface area contributed by atoms with Crippen LogP contribution in [0.1, 0.15) is 116 Å². The second kappa shape index (κ2) is 8.97. The molecule has 39 heavy (non-hydrogen) atoms. The molecule has 0 aromatic carbocycles. The Morgan fingerprint density at radius 1 is 0.949 bits per heavy atom. The number of rotatable bonds is 1. The molecule has 5 saturated carbocycles. The van der Waals surface area contributed by atoms with Crippen molar-refractivity contribution in [3.63, 3.8) is 0 Å². The van der Waals surface area contributed by atoms with E-state index in [1.807, 2.05) is 11.4 Å². The van der Waals surface area contributed by atoms with E-state index in [4.69, 9.17) is 0 Å². The summed E-state index contributed by atoms with van der Waals surface area (Å²) >= 11 is 1.51. The normalized spacial score (nSPS) is 47.8. The van der Waals surface area contributed by atoms with Crippen molar-refractivity contribution >= 4 is 11.3 Å². The first kappa shape index (κ1) is 27.6. The number of thiophene rings is 1. The lowest BCUT2D eigenvalue weighted by molar-refractivity contribution is -0.244. The van der Waals surface area contributed by atoms with Crippen LogP contribution in [0.4, 0.5) is 0 Å². The first-order chi connectivity index (χ1) is 18.3. The standard InChI is InChI=1S/C36H49NOS/c1-23(2)25-11-18-36(17-10-24-14-21-39-27(24)22-37)20-19-34(6)26(31(25)36)8-9-29-33(5)15-13-30(38)32(3,4)28(33)12-16-35(29,34)7/h14,21,25-26,28-31,38H,1,8-9,11-13,15-16,18-20H2,2-7H3/t25-,26?,28?,29?,30-,31?,33-,34+,35+,36+/m0/s1. The summed E-state index contributed by atoms with van der Waals surface area (Å²) in [4.78, 5) is 0.754. The molecular weight excluding hydrogens is 494 g/mol. The Morgan fingerprint density at radius 3 is 2.44 bits per heavy atom. The Kier molecular flexibility index (Phi) is 6.35. The predicted molar refractivity (Wildman–Crippen MR) is 161 cm³/mol. The molecule has 0 saturated heterocycles. The minimum atomic E-state index is -0.166. The van der Waals surface area contributed by atoms with Crippen molar-refractivity contribution in [1.82, 2.24) is 0 Å². The molecule has 210 valence electrons. The van der Waals surface area contributed by atoms with Gasteiger partial charge in [-0.2, -0.15) is 5.26 Å². The molecule has 0 amide bonds. The Morgan fingerprint density at radius 2 is 1.72 bits per heavy atom. The molecule has 5 aliphatic rings. The summed E-state index contributed by atoms with van der Waals surface area (Å²) in [7, 11) is 0. The number of hydrogen-bond donors (Lipinski definition) is 1. The van der Waals surface area contributed by atoms with Crippen LogP contribution < -0.4 is 0 Å². The Bertz CT molecular complexity index is 1270.